The van der Waals surface area contributed by atoms with Crippen LogP contribution in [0.5, 0.6) is 0 Å². The Labute approximate surface area is 188 Å². The molecular weight excluding hydrogens is 425 g/mol. The molecule has 0 radical (unpaired) electrons. The van der Waals surface area contributed by atoms with Crippen molar-refractivity contribution < 1.29 is 37.3 Å². The molecule has 1 spiro atoms. The number of esters is 1. The number of halogens is 3. The smallest absolute Gasteiger partial charge is 0.443 e. The van der Waals surface area contributed by atoms with Gasteiger partial charge in [0.2, 0.25) is 0 Å². The Kier molecular flexibility index (Phi) is 5.37. The van der Waals surface area contributed by atoms with Crippen LogP contribution in [0.1, 0.15) is 86.5 Å². The van der Waals surface area contributed by atoms with Crippen LogP contribution in [0.3, 0.4) is 0 Å². The van der Waals surface area contributed by atoms with Crippen molar-refractivity contribution in [3.8, 4) is 0 Å². The van der Waals surface area contributed by atoms with Gasteiger partial charge in [0.1, 0.15) is 5.60 Å². The Hall–Kier alpha value is -0.860. The number of carbonyl (C=O) groups is 1. The number of ether oxygens (including phenoxy) is 3. The van der Waals surface area contributed by atoms with Gasteiger partial charge in [0.05, 0.1) is 11.0 Å². The standard InChI is InChI=1S/C24H37F3O5/c1-7-20(5,6)17(28)30-21-10-14-8-15(11-21)22(16(9-14)12-21)13-23(29,24(25,26)27)32-18(31-22)19(2,3)4/h14-16,18,29H,7-13H2,1-6H3. The van der Waals surface area contributed by atoms with E-state index in [2.05, 4.69) is 0 Å². The Bertz CT molecular complexity index is 755. The van der Waals surface area contributed by atoms with Gasteiger partial charge in [0.25, 0.3) is 5.79 Å². The molecule has 5 aliphatic rings. The molecule has 5 nitrogen and oxygen atoms in total. The van der Waals surface area contributed by atoms with Crippen molar-refractivity contribution in [2.75, 3.05) is 0 Å². The first kappa shape index (κ1) is 24.3. The highest BCUT2D eigenvalue weighted by Gasteiger charge is 2.72. The van der Waals surface area contributed by atoms with Crippen molar-refractivity contribution in [3.05, 3.63) is 0 Å². The van der Waals surface area contributed by atoms with Crippen molar-refractivity contribution in [2.24, 2.45) is 28.6 Å². The van der Waals surface area contributed by atoms with Gasteiger partial charge < -0.3 is 19.3 Å². The predicted octanol–water partition coefficient (Wildman–Crippen LogP) is 5.34. The second-order valence-electron chi connectivity index (χ2n) is 12.5. The maximum atomic E-state index is 14.0. The highest BCUT2D eigenvalue weighted by atomic mass is 19.4. The molecule has 1 aliphatic heterocycles. The predicted molar refractivity (Wildman–Crippen MR) is 110 cm³/mol. The van der Waals surface area contributed by atoms with E-state index >= 15 is 0 Å². The Morgan fingerprint density at radius 2 is 1.59 bits per heavy atom. The summed E-state index contributed by atoms with van der Waals surface area (Å²) < 4.78 is 59.8. The number of hydrogen-bond acceptors (Lipinski definition) is 5. The summed E-state index contributed by atoms with van der Waals surface area (Å²) in [4.78, 5) is 12.9. The number of alkyl halides is 3. The highest BCUT2D eigenvalue weighted by molar-refractivity contribution is 5.76. The maximum Gasteiger partial charge on any atom is 0.443 e. The van der Waals surface area contributed by atoms with E-state index in [0.717, 1.165) is 19.3 Å². The van der Waals surface area contributed by atoms with E-state index in [4.69, 9.17) is 14.2 Å². The molecule has 4 unspecified atom stereocenters. The third-order valence-corrected chi connectivity index (χ3v) is 8.56. The molecule has 0 aromatic carbocycles. The van der Waals surface area contributed by atoms with Crippen LogP contribution in [0.15, 0.2) is 0 Å². The third kappa shape index (κ3) is 3.68. The summed E-state index contributed by atoms with van der Waals surface area (Å²) in [5, 5.41) is 10.7. The first-order valence-electron chi connectivity index (χ1n) is 11.8. The Balaban J connectivity index is 1.68. The SMILES string of the molecule is CCC(C)(C)C(=O)OC12CC3CC(C1)C1(CC(O)(C(F)(F)F)OC(C(C)(C)C)O1)C(C3)C2. The van der Waals surface area contributed by atoms with Crippen LogP contribution < -0.4 is 0 Å². The zero-order chi connectivity index (χ0) is 24.0. The van der Waals surface area contributed by atoms with Crippen LogP contribution in [0, 0.1) is 28.6 Å². The molecule has 1 N–H and O–H groups in total. The summed E-state index contributed by atoms with van der Waals surface area (Å²) in [5.74, 6) is -3.67. The topological polar surface area (TPSA) is 65.0 Å². The monoisotopic (exact) mass is 462 g/mol. The van der Waals surface area contributed by atoms with Gasteiger partial charge >= 0.3 is 12.1 Å². The highest BCUT2D eigenvalue weighted by Crippen LogP contribution is 2.66. The molecule has 5 rings (SSSR count). The van der Waals surface area contributed by atoms with Gasteiger partial charge in [-0.15, -0.1) is 0 Å². The van der Waals surface area contributed by atoms with Crippen molar-refractivity contribution in [1.29, 1.82) is 0 Å². The fourth-order valence-corrected chi connectivity index (χ4v) is 6.45. The van der Waals surface area contributed by atoms with E-state index < -0.39 is 46.7 Å². The summed E-state index contributed by atoms with van der Waals surface area (Å²) in [7, 11) is 0. The molecule has 184 valence electrons. The molecule has 8 heteroatoms. The maximum absolute atomic E-state index is 14.0. The quantitative estimate of drug-likeness (QED) is 0.574. The molecule has 0 amide bonds. The van der Waals surface area contributed by atoms with Crippen LogP contribution in [-0.4, -0.2) is 40.5 Å². The molecule has 4 atom stereocenters. The lowest BCUT2D eigenvalue weighted by Crippen LogP contribution is -2.73. The van der Waals surface area contributed by atoms with Crippen molar-refractivity contribution in [2.45, 2.75) is 116 Å². The minimum absolute atomic E-state index is 0.228. The average molecular weight is 463 g/mol. The van der Waals surface area contributed by atoms with Crippen molar-refractivity contribution >= 4 is 5.97 Å². The van der Waals surface area contributed by atoms with E-state index in [1.807, 2.05) is 20.8 Å². The van der Waals surface area contributed by atoms with Gasteiger partial charge in [-0.25, -0.2) is 0 Å². The van der Waals surface area contributed by atoms with Crippen LogP contribution >= 0.6 is 0 Å². The van der Waals surface area contributed by atoms with Crippen molar-refractivity contribution in [1.82, 2.24) is 0 Å². The lowest BCUT2D eigenvalue weighted by Gasteiger charge is -2.67. The van der Waals surface area contributed by atoms with E-state index in [0.29, 0.717) is 19.3 Å². The lowest BCUT2D eigenvalue weighted by atomic mass is 9.46. The minimum atomic E-state index is -4.93. The number of hydrogen-bond donors (Lipinski definition) is 1. The number of rotatable bonds is 3. The third-order valence-electron chi connectivity index (χ3n) is 8.56. The first-order valence-corrected chi connectivity index (χ1v) is 11.8. The van der Waals surface area contributed by atoms with E-state index in [1.54, 1.807) is 20.8 Å². The summed E-state index contributed by atoms with van der Waals surface area (Å²) in [6.45, 7) is 10.9. The summed E-state index contributed by atoms with van der Waals surface area (Å²) in [6.07, 6.45) is -2.99. The molecule has 0 aromatic rings. The average Bonchev–Trinajstić information content (AvgIpc) is 2.63. The molecule has 1 heterocycles. The Morgan fingerprint density at radius 1 is 1.03 bits per heavy atom. The van der Waals surface area contributed by atoms with E-state index in [-0.39, 0.29) is 23.7 Å². The van der Waals surface area contributed by atoms with Gasteiger partial charge in [-0.1, -0.05) is 27.7 Å². The van der Waals surface area contributed by atoms with Gasteiger partial charge in [0, 0.05) is 11.8 Å². The second-order valence-corrected chi connectivity index (χ2v) is 12.5. The molecular formula is C24H37F3O5. The molecule has 5 fully saturated rings. The summed E-state index contributed by atoms with van der Waals surface area (Å²) in [6, 6.07) is 0. The number of aliphatic hydroxyl groups is 1. The first-order chi connectivity index (χ1) is 14.5. The lowest BCUT2D eigenvalue weighted by molar-refractivity contribution is -0.481. The van der Waals surface area contributed by atoms with Crippen LogP contribution in [-0.2, 0) is 19.0 Å². The second kappa shape index (κ2) is 7.08. The molecule has 0 aromatic heterocycles. The fraction of sp³-hybridized carbons (Fsp3) is 0.958. The summed E-state index contributed by atoms with van der Waals surface area (Å²) in [5.41, 5.74) is -3.16. The van der Waals surface area contributed by atoms with Crippen LogP contribution in [0.25, 0.3) is 0 Å². The fourth-order valence-electron chi connectivity index (χ4n) is 6.45. The Morgan fingerprint density at radius 3 is 2.06 bits per heavy atom. The molecule has 4 saturated carbocycles. The van der Waals surface area contributed by atoms with E-state index in [1.165, 1.54) is 0 Å². The minimum Gasteiger partial charge on any atom is -0.459 e. The van der Waals surface area contributed by atoms with Gasteiger partial charge in [-0.05, 0) is 70.1 Å². The van der Waals surface area contributed by atoms with E-state index in [9.17, 15) is 23.1 Å². The summed E-state index contributed by atoms with van der Waals surface area (Å²) >= 11 is 0. The molecule has 1 saturated heterocycles. The van der Waals surface area contributed by atoms with Gasteiger partial charge in [-0.2, -0.15) is 13.2 Å². The van der Waals surface area contributed by atoms with Crippen LogP contribution in [0.4, 0.5) is 13.2 Å². The van der Waals surface area contributed by atoms with Crippen molar-refractivity contribution in [3.63, 3.8) is 0 Å². The zero-order valence-corrected chi connectivity index (χ0v) is 20.0. The normalized spacial score (nSPS) is 44.2. The van der Waals surface area contributed by atoms with Gasteiger partial charge in [0.15, 0.2) is 6.29 Å². The molecule has 32 heavy (non-hydrogen) atoms. The number of carbonyl (C=O) groups excluding carboxylic acids is 1. The van der Waals surface area contributed by atoms with Gasteiger partial charge in [-0.3, -0.25) is 4.79 Å². The largest absolute Gasteiger partial charge is 0.459 e. The molecule has 4 aliphatic carbocycles. The molecule has 4 bridgehead atoms. The zero-order valence-electron chi connectivity index (χ0n) is 20.0. The van der Waals surface area contributed by atoms with Crippen LogP contribution in [0.2, 0.25) is 0 Å².